The maximum Gasteiger partial charge on any atom is 0.255 e. The summed E-state index contributed by atoms with van der Waals surface area (Å²) < 4.78 is 6.87. The van der Waals surface area contributed by atoms with Gasteiger partial charge in [0.05, 0.1) is 17.8 Å². The van der Waals surface area contributed by atoms with Crippen molar-refractivity contribution in [3.05, 3.63) is 34.2 Å². The molecule has 6 nitrogen and oxygen atoms in total. The molecule has 2 heterocycles. The second kappa shape index (κ2) is 5.52. The topological polar surface area (TPSA) is 71.8 Å². The summed E-state index contributed by atoms with van der Waals surface area (Å²) in [6.45, 7) is 1.22. The molecule has 0 bridgehead atoms. The Bertz CT molecular complexity index is 631. The number of aromatic nitrogens is 1. The van der Waals surface area contributed by atoms with E-state index in [4.69, 9.17) is 4.74 Å². The van der Waals surface area contributed by atoms with Crippen LogP contribution in [0, 0.1) is 5.41 Å². The average molecular weight is 306 g/mol. The van der Waals surface area contributed by atoms with Gasteiger partial charge < -0.3 is 19.3 Å². The zero-order chi connectivity index (χ0) is 15.9. The predicted octanol–water partition coefficient (Wildman–Crippen LogP) is 0.387. The maximum atomic E-state index is 12.5. The van der Waals surface area contributed by atoms with E-state index in [1.807, 2.05) is 0 Å². The van der Waals surface area contributed by atoms with E-state index in [-0.39, 0.29) is 29.1 Å². The summed E-state index contributed by atoms with van der Waals surface area (Å²) >= 11 is 0. The quantitative estimate of drug-likeness (QED) is 0.858. The first-order valence-electron chi connectivity index (χ1n) is 7.65. The third kappa shape index (κ3) is 2.27. The van der Waals surface area contributed by atoms with Crippen molar-refractivity contribution in [1.82, 2.24) is 9.47 Å². The molecule has 1 aliphatic carbocycles. The molecule has 1 N–H and O–H groups in total. The van der Waals surface area contributed by atoms with E-state index in [1.165, 1.54) is 10.6 Å². The van der Waals surface area contributed by atoms with Crippen molar-refractivity contribution in [2.75, 3.05) is 20.2 Å². The maximum absolute atomic E-state index is 12.5. The number of hydrogen-bond donors (Lipinski definition) is 1. The molecule has 2 atom stereocenters. The van der Waals surface area contributed by atoms with Crippen LogP contribution >= 0.6 is 0 Å². The van der Waals surface area contributed by atoms with Gasteiger partial charge >= 0.3 is 0 Å². The summed E-state index contributed by atoms with van der Waals surface area (Å²) in [6, 6.07) is 2.99. The fourth-order valence-electron chi connectivity index (χ4n) is 3.74. The first-order chi connectivity index (χ1) is 10.5. The van der Waals surface area contributed by atoms with E-state index in [1.54, 1.807) is 31.3 Å². The second-order valence-electron chi connectivity index (χ2n) is 6.37. The molecule has 0 unspecified atom stereocenters. The Balaban J connectivity index is 1.69. The molecule has 1 aromatic rings. The fraction of sp³-hybridized carbons (Fsp3) is 0.625. The van der Waals surface area contributed by atoms with Gasteiger partial charge in [-0.15, -0.1) is 0 Å². The third-order valence-corrected chi connectivity index (χ3v) is 5.34. The van der Waals surface area contributed by atoms with E-state index in [2.05, 4.69) is 0 Å². The van der Waals surface area contributed by atoms with Gasteiger partial charge in [0.15, 0.2) is 0 Å². The highest BCUT2D eigenvalue weighted by Crippen LogP contribution is 2.50. The monoisotopic (exact) mass is 306 g/mol. The number of pyridine rings is 1. The van der Waals surface area contributed by atoms with Crippen LogP contribution in [0.1, 0.15) is 29.6 Å². The minimum absolute atomic E-state index is 0.0618. The lowest BCUT2D eigenvalue weighted by Gasteiger charge is -2.56. The van der Waals surface area contributed by atoms with Crippen molar-refractivity contribution < 1.29 is 14.6 Å². The minimum atomic E-state index is -0.327. The number of carbonyl (C=O) groups is 1. The molecule has 2 aliphatic rings. The lowest BCUT2D eigenvalue weighted by Crippen LogP contribution is -2.62. The van der Waals surface area contributed by atoms with E-state index in [0.717, 1.165) is 12.8 Å². The summed E-state index contributed by atoms with van der Waals surface area (Å²) in [5, 5.41) is 10.1. The Morgan fingerprint density at radius 3 is 2.59 bits per heavy atom. The molecule has 120 valence electrons. The van der Waals surface area contributed by atoms with E-state index in [0.29, 0.717) is 25.1 Å². The summed E-state index contributed by atoms with van der Waals surface area (Å²) in [5.74, 6) is -0.0618. The van der Waals surface area contributed by atoms with Crippen molar-refractivity contribution >= 4 is 5.91 Å². The highest BCUT2D eigenvalue weighted by Gasteiger charge is 2.56. The number of hydrogen-bond acceptors (Lipinski definition) is 4. The van der Waals surface area contributed by atoms with E-state index in [9.17, 15) is 14.7 Å². The molecule has 1 spiro atoms. The van der Waals surface area contributed by atoms with Crippen LogP contribution in [0.5, 0.6) is 0 Å². The number of amides is 1. The molecule has 1 aliphatic heterocycles. The van der Waals surface area contributed by atoms with Crippen LogP contribution in [-0.2, 0) is 11.8 Å². The van der Waals surface area contributed by atoms with Crippen LogP contribution in [0.2, 0.25) is 0 Å². The van der Waals surface area contributed by atoms with Crippen LogP contribution in [0.4, 0.5) is 0 Å². The molecular weight excluding hydrogens is 284 g/mol. The van der Waals surface area contributed by atoms with Crippen molar-refractivity contribution in [2.24, 2.45) is 12.5 Å². The molecule has 2 fully saturated rings. The molecule has 1 aromatic heterocycles. The highest BCUT2D eigenvalue weighted by molar-refractivity contribution is 5.94. The molecule has 3 rings (SSSR count). The van der Waals surface area contributed by atoms with Crippen LogP contribution in [0.25, 0.3) is 0 Å². The normalized spacial score (nSPS) is 26.8. The number of rotatable bonds is 2. The molecule has 6 heteroatoms. The number of aryl methyl sites for hydroxylation is 1. The number of aliphatic hydroxyl groups excluding tert-OH is 1. The van der Waals surface area contributed by atoms with Crippen molar-refractivity contribution in [2.45, 2.75) is 31.5 Å². The van der Waals surface area contributed by atoms with Gasteiger partial charge in [-0.2, -0.15) is 0 Å². The van der Waals surface area contributed by atoms with Crippen molar-refractivity contribution in [1.29, 1.82) is 0 Å². The van der Waals surface area contributed by atoms with Crippen LogP contribution < -0.4 is 5.56 Å². The van der Waals surface area contributed by atoms with Crippen LogP contribution in [0.3, 0.4) is 0 Å². The number of nitrogens with zero attached hydrogens (tertiary/aromatic N) is 2. The van der Waals surface area contributed by atoms with Gasteiger partial charge in [0.2, 0.25) is 5.56 Å². The van der Waals surface area contributed by atoms with Gasteiger partial charge in [-0.1, -0.05) is 0 Å². The number of piperidine rings is 1. The van der Waals surface area contributed by atoms with Crippen LogP contribution in [0.15, 0.2) is 23.1 Å². The Hall–Kier alpha value is -1.66. The minimum Gasteiger partial charge on any atom is -0.392 e. The Morgan fingerprint density at radius 2 is 2.05 bits per heavy atom. The zero-order valence-electron chi connectivity index (χ0n) is 13.0. The number of ether oxygens (including phenoxy) is 1. The van der Waals surface area contributed by atoms with Crippen molar-refractivity contribution in [3.8, 4) is 0 Å². The van der Waals surface area contributed by atoms with Crippen molar-refractivity contribution in [3.63, 3.8) is 0 Å². The van der Waals surface area contributed by atoms with Gasteiger partial charge in [-0.25, -0.2) is 0 Å². The first kappa shape index (κ1) is 15.2. The largest absolute Gasteiger partial charge is 0.392 e. The standard InChI is InChI=1S/C16H22N2O4/c1-17-10-11(3-4-14(17)20)15(21)18-7-5-16(6-8-18)12(19)9-13(16)22-2/h3-4,10,12-13,19H,5-9H2,1-2H3/t12-,13+/m0/s1. The van der Waals surface area contributed by atoms with Gasteiger partial charge in [0, 0.05) is 51.3 Å². The Labute approximate surface area is 129 Å². The summed E-state index contributed by atoms with van der Waals surface area (Å²) in [5.41, 5.74) is 0.208. The molecular formula is C16H22N2O4. The first-order valence-corrected chi connectivity index (χ1v) is 7.65. The molecule has 1 saturated carbocycles. The van der Waals surface area contributed by atoms with E-state index < -0.39 is 0 Å². The van der Waals surface area contributed by atoms with Gasteiger partial charge in [0.25, 0.3) is 5.91 Å². The van der Waals surface area contributed by atoms with Crippen LogP contribution in [-0.4, -0.2) is 52.9 Å². The number of aliphatic hydroxyl groups is 1. The Kier molecular flexibility index (Phi) is 3.82. The third-order valence-electron chi connectivity index (χ3n) is 5.34. The molecule has 0 aromatic carbocycles. The highest BCUT2D eigenvalue weighted by atomic mass is 16.5. The van der Waals surface area contributed by atoms with Gasteiger partial charge in [-0.3, -0.25) is 9.59 Å². The zero-order valence-corrected chi connectivity index (χ0v) is 13.0. The lowest BCUT2D eigenvalue weighted by molar-refractivity contribution is -0.199. The molecule has 0 radical (unpaired) electrons. The number of carbonyl (C=O) groups excluding carboxylic acids is 1. The molecule has 1 saturated heterocycles. The fourth-order valence-corrected chi connectivity index (χ4v) is 3.74. The smallest absolute Gasteiger partial charge is 0.255 e. The van der Waals surface area contributed by atoms with Gasteiger partial charge in [0.1, 0.15) is 0 Å². The lowest BCUT2D eigenvalue weighted by atomic mass is 9.58. The number of likely N-dealkylation sites (tertiary alicyclic amines) is 1. The Morgan fingerprint density at radius 1 is 1.36 bits per heavy atom. The summed E-state index contributed by atoms with van der Waals surface area (Å²) in [7, 11) is 3.32. The SMILES string of the molecule is CO[C@@H]1C[C@H](O)C12CCN(C(=O)c1ccc(=O)n(C)c1)CC2. The second-order valence-corrected chi connectivity index (χ2v) is 6.37. The summed E-state index contributed by atoms with van der Waals surface area (Å²) in [6.07, 6.45) is 3.54. The number of methoxy groups -OCH3 is 1. The van der Waals surface area contributed by atoms with E-state index >= 15 is 0 Å². The summed E-state index contributed by atoms with van der Waals surface area (Å²) in [4.78, 5) is 25.7. The average Bonchev–Trinajstić information content (AvgIpc) is 2.54. The van der Waals surface area contributed by atoms with Gasteiger partial charge in [-0.05, 0) is 18.9 Å². The predicted molar refractivity (Wildman–Crippen MR) is 80.7 cm³/mol. The molecule has 22 heavy (non-hydrogen) atoms. The molecule has 1 amide bonds.